The van der Waals surface area contributed by atoms with Gasteiger partial charge in [0.25, 0.3) is 0 Å². The lowest BCUT2D eigenvalue weighted by Gasteiger charge is -2.16. The zero-order valence-electron chi connectivity index (χ0n) is 7.90. The number of alkyl halides is 3. The van der Waals surface area contributed by atoms with Crippen LogP contribution in [0.1, 0.15) is 23.1 Å². The molecule has 0 saturated heterocycles. The van der Waals surface area contributed by atoms with Gasteiger partial charge in [-0.05, 0) is 29.7 Å². The molecule has 0 saturated carbocycles. The Balaban J connectivity index is 2.39. The molecule has 15 heavy (non-hydrogen) atoms. The first-order valence-electron chi connectivity index (χ1n) is 4.67. The van der Waals surface area contributed by atoms with E-state index in [1.54, 1.807) is 0 Å². The number of hydrogen-bond donors (Lipinski definition) is 0. The van der Waals surface area contributed by atoms with Gasteiger partial charge in [0.15, 0.2) is 0 Å². The van der Waals surface area contributed by atoms with Crippen molar-refractivity contribution in [2.45, 2.75) is 25.4 Å². The highest BCUT2D eigenvalue weighted by Crippen LogP contribution is 2.32. The third-order valence-corrected chi connectivity index (χ3v) is 2.59. The highest BCUT2D eigenvalue weighted by atomic mass is 19.4. The number of fused-ring (bicyclic) bond motifs is 1. The van der Waals surface area contributed by atoms with Gasteiger partial charge in [0.2, 0.25) is 0 Å². The Bertz CT molecular complexity index is 407. The van der Waals surface area contributed by atoms with Crippen molar-refractivity contribution in [3.63, 3.8) is 0 Å². The van der Waals surface area contributed by atoms with Crippen molar-refractivity contribution in [2.75, 3.05) is 0 Å². The first-order valence-corrected chi connectivity index (χ1v) is 4.67. The van der Waals surface area contributed by atoms with Crippen molar-refractivity contribution in [3.05, 3.63) is 34.9 Å². The molecule has 4 heteroatoms. The molecule has 0 fully saturated rings. The summed E-state index contributed by atoms with van der Waals surface area (Å²) >= 11 is 0. The van der Waals surface area contributed by atoms with Gasteiger partial charge in [-0.25, -0.2) is 0 Å². The summed E-state index contributed by atoms with van der Waals surface area (Å²) in [7, 11) is 0. The van der Waals surface area contributed by atoms with Gasteiger partial charge in [0.1, 0.15) is 5.78 Å². The molecule has 80 valence electrons. The minimum atomic E-state index is -4.30. The Morgan fingerprint density at radius 1 is 1.07 bits per heavy atom. The molecule has 0 atom stereocenters. The van der Waals surface area contributed by atoms with Crippen LogP contribution in [0.3, 0.4) is 0 Å². The summed E-state index contributed by atoms with van der Waals surface area (Å²) < 4.78 is 37.1. The first-order chi connectivity index (χ1) is 6.97. The highest BCUT2D eigenvalue weighted by Gasteiger charge is 2.31. The van der Waals surface area contributed by atoms with Gasteiger partial charge in [0.05, 0.1) is 5.56 Å². The summed E-state index contributed by atoms with van der Waals surface area (Å²) in [6, 6.07) is 3.61. The molecular formula is C11H9F3O. The molecule has 0 radical (unpaired) electrons. The second-order valence-electron chi connectivity index (χ2n) is 3.70. The zero-order chi connectivity index (χ0) is 11.1. The molecule has 1 aromatic rings. The van der Waals surface area contributed by atoms with E-state index in [0.29, 0.717) is 18.4 Å². The topological polar surface area (TPSA) is 17.1 Å². The number of benzene rings is 1. The third kappa shape index (κ3) is 2.03. The number of Topliss-reactive ketones (excluding diaryl/α,β-unsaturated/α-hetero) is 1. The summed E-state index contributed by atoms with van der Waals surface area (Å²) in [6.45, 7) is 0. The molecule has 0 aliphatic heterocycles. The van der Waals surface area contributed by atoms with Crippen molar-refractivity contribution >= 4 is 5.78 Å². The molecule has 1 aromatic carbocycles. The normalized spacial score (nSPS) is 16.3. The van der Waals surface area contributed by atoms with Crippen LogP contribution in [0.2, 0.25) is 0 Å². The fourth-order valence-electron chi connectivity index (χ4n) is 1.78. The summed E-state index contributed by atoms with van der Waals surface area (Å²) in [5.74, 6) is 0.0993. The van der Waals surface area contributed by atoms with Crippen LogP contribution in [0.15, 0.2) is 18.2 Å². The van der Waals surface area contributed by atoms with Crippen molar-refractivity contribution < 1.29 is 18.0 Å². The third-order valence-electron chi connectivity index (χ3n) is 2.59. The number of rotatable bonds is 0. The van der Waals surface area contributed by atoms with E-state index in [4.69, 9.17) is 0 Å². The summed E-state index contributed by atoms with van der Waals surface area (Å²) in [6.07, 6.45) is -3.24. The Morgan fingerprint density at radius 3 is 2.47 bits per heavy atom. The van der Waals surface area contributed by atoms with Crippen LogP contribution in [0.5, 0.6) is 0 Å². The lowest BCUT2D eigenvalue weighted by atomic mass is 9.89. The number of ketones is 1. The van der Waals surface area contributed by atoms with Crippen LogP contribution in [-0.2, 0) is 23.8 Å². The average Bonchev–Trinajstić information content (AvgIpc) is 2.15. The van der Waals surface area contributed by atoms with E-state index < -0.39 is 11.7 Å². The van der Waals surface area contributed by atoms with Crippen molar-refractivity contribution in [3.8, 4) is 0 Å². The molecule has 0 heterocycles. The minimum Gasteiger partial charge on any atom is -0.299 e. The van der Waals surface area contributed by atoms with Crippen LogP contribution in [0.4, 0.5) is 13.2 Å². The van der Waals surface area contributed by atoms with Crippen molar-refractivity contribution in [1.82, 2.24) is 0 Å². The van der Waals surface area contributed by atoms with E-state index in [-0.39, 0.29) is 12.2 Å². The summed E-state index contributed by atoms with van der Waals surface area (Å²) in [5, 5.41) is 0. The maximum atomic E-state index is 12.4. The average molecular weight is 214 g/mol. The fraction of sp³-hybridized carbons (Fsp3) is 0.364. The Morgan fingerprint density at radius 2 is 1.80 bits per heavy atom. The lowest BCUT2D eigenvalue weighted by molar-refractivity contribution is -0.137. The molecule has 0 unspecified atom stereocenters. The van der Waals surface area contributed by atoms with E-state index in [2.05, 4.69) is 0 Å². The molecule has 0 amide bonds. The van der Waals surface area contributed by atoms with Crippen LogP contribution in [-0.4, -0.2) is 5.78 Å². The van der Waals surface area contributed by atoms with Gasteiger partial charge < -0.3 is 0 Å². The fourth-order valence-corrected chi connectivity index (χ4v) is 1.78. The predicted octanol–water partition coefficient (Wildman–Crippen LogP) is 2.76. The van der Waals surface area contributed by atoms with Gasteiger partial charge in [-0.2, -0.15) is 13.2 Å². The minimum absolute atomic E-state index is 0.0993. The molecule has 1 aliphatic rings. The van der Waals surface area contributed by atoms with E-state index in [0.717, 1.165) is 17.7 Å². The van der Waals surface area contributed by atoms with Crippen LogP contribution >= 0.6 is 0 Å². The maximum Gasteiger partial charge on any atom is 0.416 e. The molecule has 0 bridgehead atoms. The monoisotopic (exact) mass is 214 g/mol. The maximum absolute atomic E-state index is 12.4. The van der Waals surface area contributed by atoms with Gasteiger partial charge in [-0.1, -0.05) is 6.07 Å². The molecular weight excluding hydrogens is 205 g/mol. The lowest BCUT2D eigenvalue weighted by Crippen LogP contribution is -2.15. The largest absolute Gasteiger partial charge is 0.416 e. The highest BCUT2D eigenvalue weighted by molar-refractivity contribution is 5.83. The van der Waals surface area contributed by atoms with Crippen LogP contribution < -0.4 is 0 Å². The van der Waals surface area contributed by atoms with Crippen LogP contribution in [0, 0.1) is 0 Å². The first kappa shape index (κ1) is 10.2. The molecule has 2 rings (SSSR count). The van der Waals surface area contributed by atoms with Gasteiger partial charge in [-0.15, -0.1) is 0 Å². The van der Waals surface area contributed by atoms with E-state index in [9.17, 15) is 18.0 Å². The van der Waals surface area contributed by atoms with E-state index in [1.165, 1.54) is 6.07 Å². The second kappa shape index (κ2) is 3.36. The Kier molecular flexibility index (Phi) is 2.29. The molecule has 1 aliphatic carbocycles. The summed E-state index contributed by atoms with van der Waals surface area (Å²) in [5.41, 5.74) is 0.763. The molecule has 0 aromatic heterocycles. The van der Waals surface area contributed by atoms with Gasteiger partial charge >= 0.3 is 6.18 Å². The Labute approximate surface area is 84.9 Å². The van der Waals surface area contributed by atoms with Gasteiger partial charge in [0, 0.05) is 12.8 Å². The second-order valence-corrected chi connectivity index (χ2v) is 3.70. The summed E-state index contributed by atoms with van der Waals surface area (Å²) in [4.78, 5) is 11.1. The number of carbonyl (C=O) groups excluding carboxylic acids is 1. The molecule has 1 nitrogen and oxygen atoms in total. The predicted molar refractivity (Wildman–Crippen MR) is 48.5 cm³/mol. The number of aryl methyl sites for hydroxylation is 1. The number of hydrogen-bond acceptors (Lipinski definition) is 1. The smallest absolute Gasteiger partial charge is 0.299 e. The van der Waals surface area contributed by atoms with Crippen LogP contribution in [0.25, 0.3) is 0 Å². The molecule has 0 spiro atoms. The van der Waals surface area contributed by atoms with Crippen molar-refractivity contribution in [1.29, 1.82) is 0 Å². The number of carbonyl (C=O) groups is 1. The Hall–Kier alpha value is -1.32. The standard InChI is InChI=1S/C11H9F3O/c12-11(13,14)9-3-1-8-6-10(15)4-2-7(8)5-9/h1,3,5H,2,4,6H2. The zero-order valence-corrected chi connectivity index (χ0v) is 7.90. The molecule has 0 N–H and O–H groups in total. The SMILES string of the molecule is O=C1CCc2cc(C(F)(F)F)ccc2C1. The number of halogens is 3. The quantitative estimate of drug-likeness (QED) is 0.649. The van der Waals surface area contributed by atoms with Crippen molar-refractivity contribution in [2.24, 2.45) is 0 Å². The van der Waals surface area contributed by atoms with E-state index >= 15 is 0 Å². The van der Waals surface area contributed by atoms with E-state index in [1.807, 2.05) is 0 Å². The van der Waals surface area contributed by atoms with Gasteiger partial charge in [-0.3, -0.25) is 4.79 Å².